The summed E-state index contributed by atoms with van der Waals surface area (Å²) >= 11 is 1.90. The van der Waals surface area contributed by atoms with Crippen LogP contribution in [0.3, 0.4) is 0 Å². The molecule has 2 aliphatic carbocycles. The highest BCUT2D eigenvalue weighted by Crippen LogP contribution is 2.64. The molecule has 46 heavy (non-hydrogen) atoms. The monoisotopic (exact) mass is 598 g/mol. The van der Waals surface area contributed by atoms with Crippen molar-refractivity contribution in [2.24, 2.45) is 0 Å². The molecule has 0 fully saturated rings. The highest BCUT2D eigenvalue weighted by molar-refractivity contribution is 7.99. The van der Waals surface area contributed by atoms with Gasteiger partial charge in [0.1, 0.15) is 0 Å². The fourth-order valence-electron chi connectivity index (χ4n) is 9.03. The van der Waals surface area contributed by atoms with Gasteiger partial charge in [0.15, 0.2) is 0 Å². The van der Waals surface area contributed by atoms with Crippen LogP contribution >= 0.6 is 11.8 Å². The van der Waals surface area contributed by atoms with Gasteiger partial charge in [-0.05, 0) is 95.1 Å². The molecule has 0 radical (unpaired) electrons. The van der Waals surface area contributed by atoms with Crippen LogP contribution in [-0.2, 0) is 5.41 Å². The Labute approximate surface area is 272 Å². The normalized spacial score (nSPS) is 16.3. The largest absolute Gasteiger partial charge is 0.0888 e. The lowest BCUT2D eigenvalue weighted by atomic mass is 9.60. The molecule has 8 aromatic carbocycles. The SMILES string of the molecule is c1ccc2c(c1)Sc1ccc(-c3cccc4c3C3(c5ccccc5-4)c4ccccc4-c4cccc5cccc3c45)c3cccc-2c13. The van der Waals surface area contributed by atoms with Crippen LogP contribution in [0.15, 0.2) is 168 Å². The summed E-state index contributed by atoms with van der Waals surface area (Å²) in [6.45, 7) is 0. The zero-order chi connectivity index (χ0) is 30.0. The summed E-state index contributed by atoms with van der Waals surface area (Å²) in [5, 5.41) is 5.34. The third kappa shape index (κ3) is 2.93. The van der Waals surface area contributed by atoms with Crippen LogP contribution in [0.1, 0.15) is 22.3 Å². The lowest BCUT2D eigenvalue weighted by Crippen LogP contribution is -2.32. The Bertz CT molecular complexity index is 2620. The molecule has 1 heteroatoms. The van der Waals surface area contributed by atoms with Gasteiger partial charge in [0.2, 0.25) is 0 Å². The lowest BCUT2D eigenvalue weighted by Gasteiger charge is -2.41. The minimum Gasteiger partial charge on any atom is -0.0888 e. The van der Waals surface area contributed by atoms with Crippen molar-refractivity contribution in [3.05, 3.63) is 180 Å². The Kier molecular flexibility index (Phi) is 4.80. The zero-order valence-electron chi connectivity index (χ0n) is 24.9. The van der Waals surface area contributed by atoms with Crippen molar-refractivity contribution in [3.63, 3.8) is 0 Å². The minimum absolute atomic E-state index is 0.450. The first-order chi connectivity index (χ1) is 22.8. The fourth-order valence-corrected chi connectivity index (χ4v) is 10.2. The van der Waals surface area contributed by atoms with Gasteiger partial charge in [0.05, 0.1) is 5.41 Å². The van der Waals surface area contributed by atoms with Gasteiger partial charge in [-0.15, -0.1) is 0 Å². The van der Waals surface area contributed by atoms with Crippen LogP contribution in [-0.4, -0.2) is 0 Å². The fraction of sp³-hybridized carbons (Fsp3) is 0.0222. The van der Waals surface area contributed by atoms with Gasteiger partial charge in [0.25, 0.3) is 0 Å². The van der Waals surface area contributed by atoms with E-state index in [0.29, 0.717) is 0 Å². The summed E-state index contributed by atoms with van der Waals surface area (Å²) in [5.41, 5.74) is 15.7. The highest BCUT2D eigenvalue weighted by atomic mass is 32.2. The lowest BCUT2D eigenvalue weighted by molar-refractivity contribution is 0.775. The first kappa shape index (κ1) is 24.9. The Balaban J connectivity index is 1.31. The number of hydrogen-bond acceptors (Lipinski definition) is 1. The van der Waals surface area contributed by atoms with Gasteiger partial charge in [-0.1, -0.05) is 157 Å². The maximum atomic E-state index is 2.40. The van der Waals surface area contributed by atoms with E-state index in [1.807, 2.05) is 11.8 Å². The first-order valence-corrected chi connectivity index (χ1v) is 16.8. The molecule has 0 nitrogen and oxygen atoms in total. The molecule has 0 saturated carbocycles. The molecule has 1 spiro atoms. The summed E-state index contributed by atoms with van der Waals surface area (Å²) in [7, 11) is 0. The molecule has 0 N–H and O–H groups in total. The molecule has 0 aromatic heterocycles. The molecule has 1 unspecified atom stereocenters. The van der Waals surface area contributed by atoms with Crippen LogP contribution in [0.4, 0.5) is 0 Å². The third-order valence-corrected chi connectivity index (χ3v) is 11.8. The number of benzene rings is 8. The molecule has 0 amide bonds. The van der Waals surface area contributed by atoms with Gasteiger partial charge in [0, 0.05) is 15.2 Å². The Morgan fingerprint density at radius 3 is 1.67 bits per heavy atom. The summed E-state index contributed by atoms with van der Waals surface area (Å²) in [6.07, 6.45) is 0. The van der Waals surface area contributed by atoms with Crippen LogP contribution in [0.25, 0.3) is 66.1 Å². The molecule has 0 bridgehead atoms. The molecular formula is C45H26S. The van der Waals surface area contributed by atoms with Gasteiger partial charge >= 0.3 is 0 Å². The Hall–Kier alpha value is -5.37. The Morgan fingerprint density at radius 1 is 0.326 bits per heavy atom. The van der Waals surface area contributed by atoms with Gasteiger partial charge in [-0.25, -0.2) is 0 Å². The van der Waals surface area contributed by atoms with E-state index in [4.69, 9.17) is 0 Å². The van der Waals surface area contributed by atoms with Gasteiger partial charge in [-0.3, -0.25) is 0 Å². The van der Waals surface area contributed by atoms with Crippen molar-refractivity contribution >= 4 is 33.3 Å². The molecule has 212 valence electrons. The second-order valence-electron chi connectivity index (χ2n) is 12.7. The predicted molar refractivity (Wildman–Crippen MR) is 193 cm³/mol. The molecule has 1 atom stereocenters. The molecule has 3 aliphatic rings. The molecule has 11 rings (SSSR count). The average molecular weight is 599 g/mol. The highest BCUT2D eigenvalue weighted by Gasteiger charge is 2.51. The summed E-state index contributed by atoms with van der Waals surface area (Å²) in [6, 6.07) is 59.5. The van der Waals surface area contributed by atoms with E-state index in [1.54, 1.807) is 0 Å². The van der Waals surface area contributed by atoms with E-state index >= 15 is 0 Å². The van der Waals surface area contributed by atoms with Crippen LogP contribution in [0.5, 0.6) is 0 Å². The van der Waals surface area contributed by atoms with Crippen LogP contribution in [0.2, 0.25) is 0 Å². The summed E-state index contributed by atoms with van der Waals surface area (Å²) in [5.74, 6) is 0. The second kappa shape index (κ2) is 8.88. The summed E-state index contributed by atoms with van der Waals surface area (Å²) in [4.78, 5) is 2.66. The predicted octanol–water partition coefficient (Wildman–Crippen LogP) is 12.1. The van der Waals surface area contributed by atoms with E-state index < -0.39 is 5.41 Å². The van der Waals surface area contributed by atoms with Crippen LogP contribution in [0, 0.1) is 0 Å². The van der Waals surface area contributed by atoms with Crippen molar-refractivity contribution in [2.45, 2.75) is 15.2 Å². The maximum absolute atomic E-state index is 2.40. The number of rotatable bonds is 1. The number of hydrogen-bond donors (Lipinski definition) is 0. The van der Waals surface area contributed by atoms with Crippen molar-refractivity contribution in [3.8, 4) is 44.5 Å². The smallest absolute Gasteiger partial charge is 0.0731 e. The van der Waals surface area contributed by atoms with E-state index in [1.165, 1.54) is 98.1 Å². The first-order valence-electron chi connectivity index (χ1n) is 16.0. The van der Waals surface area contributed by atoms with E-state index in [-0.39, 0.29) is 0 Å². The van der Waals surface area contributed by atoms with Crippen molar-refractivity contribution in [1.82, 2.24) is 0 Å². The topological polar surface area (TPSA) is 0 Å². The average Bonchev–Trinajstić information content (AvgIpc) is 3.42. The zero-order valence-corrected chi connectivity index (χ0v) is 25.7. The number of fused-ring (bicyclic) bond motifs is 11. The van der Waals surface area contributed by atoms with E-state index in [2.05, 4.69) is 158 Å². The second-order valence-corrected chi connectivity index (χ2v) is 13.8. The van der Waals surface area contributed by atoms with Crippen molar-refractivity contribution in [2.75, 3.05) is 0 Å². The molecule has 1 aliphatic heterocycles. The van der Waals surface area contributed by atoms with E-state index in [0.717, 1.165) is 0 Å². The van der Waals surface area contributed by atoms with Gasteiger partial charge < -0.3 is 0 Å². The molecule has 1 heterocycles. The minimum atomic E-state index is -0.450. The standard InChI is InChI=1S/C45H26S/c1-4-21-37-29(13-1)33-16-7-11-27-12-8-23-39(42(27)33)45(37)38-22-5-2-14-30(38)36-20-10-19-35(44(36)45)28-25-26-41-43-32(28)17-9-18-34(43)31-15-3-6-24-40(31)46-41/h1-26H. The quantitative estimate of drug-likeness (QED) is 0.181. The van der Waals surface area contributed by atoms with Gasteiger partial charge in [-0.2, -0.15) is 0 Å². The molecular weight excluding hydrogens is 573 g/mol. The van der Waals surface area contributed by atoms with E-state index in [9.17, 15) is 0 Å². The molecule has 0 saturated heterocycles. The van der Waals surface area contributed by atoms with Crippen molar-refractivity contribution in [1.29, 1.82) is 0 Å². The van der Waals surface area contributed by atoms with Crippen molar-refractivity contribution < 1.29 is 0 Å². The summed E-state index contributed by atoms with van der Waals surface area (Å²) < 4.78 is 0. The van der Waals surface area contributed by atoms with Crippen LogP contribution < -0.4 is 0 Å². The molecule has 8 aromatic rings. The Morgan fingerprint density at radius 2 is 0.870 bits per heavy atom. The maximum Gasteiger partial charge on any atom is 0.0731 e. The third-order valence-electron chi connectivity index (χ3n) is 10.7.